The second kappa shape index (κ2) is 10.1. The monoisotopic (exact) mass is 451 g/mol. The van der Waals surface area contributed by atoms with Crippen molar-refractivity contribution in [1.82, 2.24) is 9.88 Å². The number of rotatable bonds is 6. The van der Waals surface area contributed by atoms with E-state index >= 15 is 0 Å². The molecule has 0 saturated carbocycles. The van der Waals surface area contributed by atoms with Crippen LogP contribution in [0.25, 0.3) is 0 Å². The molecular formula is C29H29N3O2. The third-order valence-corrected chi connectivity index (χ3v) is 6.33. The van der Waals surface area contributed by atoms with Gasteiger partial charge in [0.1, 0.15) is 18.5 Å². The highest BCUT2D eigenvalue weighted by Gasteiger charge is 2.19. The molecule has 1 aromatic heterocycles. The second-order valence-electron chi connectivity index (χ2n) is 8.68. The lowest BCUT2D eigenvalue weighted by Gasteiger charge is -2.22. The fraction of sp³-hybridized carbons (Fsp3) is 0.207. The van der Waals surface area contributed by atoms with Crippen molar-refractivity contribution < 1.29 is 9.84 Å². The summed E-state index contributed by atoms with van der Waals surface area (Å²) < 4.78 is 6.01. The number of anilines is 2. The Morgan fingerprint density at radius 3 is 2.50 bits per heavy atom. The normalized spacial score (nSPS) is 14.5. The molecule has 0 radical (unpaired) electrons. The number of ether oxygens (including phenoxy) is 1. The summed E-state index contributed by atoms with van der Waals surface area (Å²) in [5.41, 5.74) is 6.33. The number of pyridine rings is 1. The Morgan fingerprint density at radius 1 is 0.941 bits per heavy atom. The van der Waals surface area contributed by atoms with Crippen molar-refractivity contribution in [3.63, 3.8) is 0 Å². The number of nitrogens with zero attached hydrogens (tertiary/aromatic N) is 3. The fourth-order valence-electron chi connectivity index (χ4n) is 4.39. The van der Waals surface area contributed by atoms with E-state index in [2.05, 4.69) is 76.4 Å². The van der Waals surface area contributed by atoms with Gasteiger partial charge in [0.25, 0.3) is 0 Å². The molecule has 172 valence electrons. The highest BCUT2D eigenvalue weighted by atomic mass is 16.5. The lowest BCUT2D eigenvalue weighted by molar-refractivity contribution is 0.218. The molecule has 0 bridgehead atoms. The predicted molar refractivity (Wildman–Crippen MR) is 135 cm³/mol. The van der Waals surface area contributed by atoms with E-state index in [0.29, 0.717) is 6.61 Å². The highest BCUT2D eigenvalue weighted by Crippen LogP contribution is 2.30. The van der Waals surface area contributed by atoms with E-state index in [0.717, 1.165) is 47.8 Å². The average Bonchev–Trinajstić information content (AvgIpc) is 3.10. The van der Waals surface area contributed by atoms with Crippen LogP contribution in [0, 0.1) is 0 Å². The zero-order valence-electron chi connectivity index (χ0n) is 19.3. The molecule has 3 aromatic carbocycles. The van der Waals surface area contributed by atoms with Crippen LogP contribution in [-0.4, -0.2) is 35.2 Å². The summed E-state index contributed by atoms with van der Waals surface area (Å²) in [5.74, 6) is 0.893. The molecule has 0 unspecified atom stereocenters. The van der Waals surface area contributed by atoms with E-state index < -0.39 is 6.10 Å². The maximum absolute atomic E-state index is 10.8. The van der Waals surface area contributed by atoms with Gasteiger partial charge in [-0.3, -0.25) is 9.88 Å². The summed E-state index contributed by atoms with van der Waals surface area (Å²) in [7, 11) is 2.09. The van der Waals surface area contributed by atoms with Gasteiger partial charge in [0.2, 0.25) is 0 Å². The Bertz CT molecular complexity index is 1210. The van der Waals surface area contributed by atoms with Crippen molar-refractivity contribution in [2.24, 2.45) is 0 Å². The number of hydrogen-bond donors (Lipinski definition) is 1. The van der Waals surface area contributed by atoms with Crippen LogP contribution in [0.3, 0.4) is 0 Å². The summed E-state index contributed by atoms with van der Waals surface area (Å²) in [5, 5.41) is 10.8. The minimum absolute atomic E-state index is 0.645. The molecule has 1 aliphatic rings. The number of aromatic nitrogens is 1. The van der Waals surface area contributed by atoms with E-state index in [1.54, 1.807) is 12.4 Å². The van der Waals surface area contributed by atoms with Gasteiger partial charge >= 0.3 is 0 Å². The predicted octanol–water partition coefficient (Wildman–Crippen LogP) is 5.33. The Morgan fingerprint density at radius 2 is 1.74 bits per heavy atom. The van der Waals surface area contributed by atoms with Crippen LogP contribution in [0.5, 0.6) is 5.75 Å². The van der Waals surface area contributed by atoms with Crippen molar-refractivity contribution >= 4 is 11.4 Å². The Balaban J connectivity index is 1.29. The minimum Gasteiger partial charge on any atom is -0.492 e. The molecule has 0 aliphatic carbocycles. The number of aliphatic hydroxyl groups is 1. The molecule has 5 nitrogen and oxygen atoms in total. The average molecular weight is 452 g/mol. The molecule has 2 heterocycles. The summed E-state index contributed by atoms with van der Waals surface area (Å²) >= 11 is 0. The molecule has 0 amide bonds. The molecule has 1 aliphatic heterocycles. The van der Waals surface area contributed by atoms with Gasteiger partial charge in [-0.25, -0.2) is 0 Å². The topological polar surface area (TPSA) is 48.8 Å². The van der Waals surface area contributed by atoms with Gasteiger partial charge in [-0.1, -0.05) is 42.5 Å². The molecule has 5 rings (SSSR count). The maximum atomic E-state index is 10.8. The van der Waals surface area contributed by atoms with Crippen LogP contribution in [0.15, 0.2) is 97.3 Å². The smallest absolute Gasteiger partial charge is 0.123 e. The van der Waals surface area contributed by atoms with Crippen LogP contribution in [0.4, 0.5) is 11.4 Å². The maximum Gasteiger partial charge on any atom is 0.123 e. The number of benzene rings is 3. The van der Waals surface area contributed by atoms with Gasteiger partial charge in [-0.05, 0) is 53.6 Å². The Kier molecular flexibility index (Phi) is 6.56. The first-order valence-corrected chi connectivity index (χ1v) is 11.6. The van der Waals surface area contributed by atoms with Crippen molar-refractivity contribution in [1.29, 1.82) is 0 Å². The van der Waals surface area contributed by atoms with Crippen molar-refractivity contribution in [3.8, 4) is 5.75 Å². The fourth-order valence-corrected chi connectivity index (χ4v) is 4.39. The molecule has 1 atom stereocenters. The molecule has 5 heteroatoms. The molecule has 0 fully saturated rings. The minimum atomic E-state index is -0.704. The van der Waals surface area contributed by atoms with Crippen LogP contribution in [0.2, 0.25) is 0 Å². The first-order valence-electron chi connectivity index (χ1n) is 11.6. The van der Waals surface area contributed by atoms with Crippen molar-refractivity contribution in [2.75, 3.05) is 25.1 Å². The number of hydrogen-bond acceptors (Lipinski definition) is 5. The summed E-state index contributed by atoms with van der Waals surface area (Å²) in [4.78, 5) is 8.71. The third kappa shape index (κ3) is 4.96. The lowest BCUT2D eigenvalue weighted by Crippen LogP contribution is -2.25. The van der Waals surface area contributed by atoms with E-state index in [-0.39, 0.29) is 0 Å². The molecule has 4 aromatic rings. The largest absolute Gasteiger partial charge is 0.492 e. The van der Waals surface area contributed by atoms with Gasteiger partial charge in [-0.15, -0.1) is 0 Å². The zero-order chi connectivity index (χ0) is 23.3. The standard InChI is InChI=1S/C29H29N3O2/c1-31(26-7-3-2-4-8-26)27-12-9-22(10-13-27)20-32-16-17-34-28-14-11-23(18-25(28)21-32)29(33)24-6-5-15-30-19-24/h2-15,18-19,29,33H,16-17,20-21H2,1H3/t29-/m1/s1. The Labute approximate surface area is 200 Å². The SMILES string of the molecule is CN(c1ccccc1)c1ccc(CN2CCOc3ccc([C@@H](O)c4cccnc4)cc3C2)cc1. The van der Waals surface area contributed by atoms with Crippen LogP contribution < -0.4 is 9.64 Å². The number of fused-ring (bicyclic) bond motifs is 1. The summed E-state index contributed by atoms with van der Waals surface area (Å²) in [6.45, 7) is 3.11. The van der Waals surface area contributed by atoms with Crippen LogP contribution in [0.1, 0.15) is 28.4 Å². The van der Waals surface area contributed by atoms with E-state index in [1.807, 2.05) is 30.3 Å². The molecular weight excluding hydrogens is 422 g/mol. The third-order valence-electron chi connectivity index (χ3n) is 6.33. The van der Waals surface area contributed by atoms with Crippen molar-refractivity contribution in [2.45, 2.75) is 19.2 Å². The highest BCUT2D eigenvalue weighted by molar-refractivity contribution is 5.62. The summed E-state index contributed by atoms with van der Waals surface area (Å²) in [6.07, 6.45) is 2.72. The van der Waals surface area contributed by atoms with Gasteiger partial charge in [-0.2, -0.15) is 0 Å². The van der Waals surface area contributed by atoms with E-state index in [9.17, 15) is 5.11 Å². The zero-order valence-corrected chi connectivity index (χ0v) is 19.3. The van der Waals surface area contributed by atoms with E-state index in [4.69, 9.17) is 4.74 Å². The second-order valence-corrected chi connectivity index (χ2v) is 8.68. The molecule has 0 saturated heterocycles. The molecule has 0 spiro atoms. The number of para-hydroxylation sites is 1. The Hall–Kier alpha value is -3.67. The lowest BCUT2D eigenvalue weighted by atomic mass is 10.00. The summed E-state index contributed by atoms with van der Waals surface area (Å²) in [6, 6.07) is 28.8. The van der Waals surface area contributed by atoms with Crippen LogP contribution >= 0.6 is 0 Å². The first-order chi connectivity index (χ1) is 16.7. The van der Waals surface area contributed by atoms with Crippen molar-refractivity contribution in [3.05, 3.63) is 120 Å². The quantitative estimate of drug-likeness (QED) is 0.430. The number of aliphatic hydroxyl groups excluding tert-OH is 1. The first kappa shape index (κ1) is 22.1. The van der Waals surface area contributed by atoms with E-state index in [1.165, 1.54) is 11.3 Å². The van der Waals surface area contributed by atoms with Crippen LogP contribution in [-0.2, 0) is 13.1 Å². The van der Waals surface area contributed by atoms with Gasteiger partial charge < -0.3 is 14.7 Å². The van der Waals surface area contributed by atoms with Gasteiger partial charge in [0.05, 0.1) is 0 Å². The van der Waals surface area contributed by atoms with Gasteiger partial charge in [0, 0.05) is 61.6 Å². The molecule has 1 N–H and O–H groups in total. The van der Waals surface area contributed by atoms with Gasteiger partial charge in [0.15, 0.2) is 0 Å². The molecule has 34 heavy (non-hydrogen) atoms.